The van der Waals surface area contributed by atoms with Gasteiger partial charge in [-0.05, 0) is 26.0 Å². The maximum absolute atomic E-state index is 12.3. The quantitative estimate of drug-likeness (QED) is 0.812. The van der Waals surface area contributed by atoms with Crippen LogP contribution in [-0.2, 0) is 6.54 Å². The first-order valence-corrected chi connectivity index (χ1v) is 7.79. The molecular formula is C17H18F3N3O3. The second-order valence-electron chi connectivity index (χ2n) is 5.61. The number of alkyl halides is 3. The highest BCUT2D eigenvalue weighted by Crippen LogP contribution is 2.20. The summed E-state index contributed by atoms with van der Waals surface area (Å²) in [6.45, 7) is 2.22. The Morgan fingerprint density at radius 2 is 2.00 bits per heavy atom. The van der Waals surface area contributed by atoms with Gasteiger partial charge in [0.25, 0.3) is 5.91 Å². The molecule has 0 saturated heterocycles. The number of carbonyl (C=O) groups excluding carboxylic acids is 1. The summed E-state index contributed by atoms with van der Waals surface area (Å²) in [5.74, 6) is -0.213. The topological polar surface area (TPSA) is 73.3 Å². The molecule has 140 valence electrons. The summed E-state index contributed by atoms with van der Waals surface area (Å²) in [6, 6.07) is 6.18. The molecule has 0 radical (unpaired) electrons. The molecule has 1 N–H and O–H groups in total. The number of amides is 1. The number of pyridine rings is 2. The molecule has 0 atom stereocenters. The Labute approximate surface area is 148 Å². The molecule has 0 spiro atoms. The molecule has 0 aliphatic carbocycles. The van der Waals surface area contributed by atoms with Crippen molar-refractivity contribution in [3.63, 3.8) is 0 Å². The van der Waals surface area contributed by atoms with Crippen molar-refractivity contribution in [1.29, 1.82) is 0 Å². The van der Waals surface area contributed by atoms with Crippen molar-refractivity contribution in [1.82, 2.24) is 15.3 Å². The van der Waals surface area contributed by atoms with E-state index in [-0.39, 0.29) is 18.5 Å². The van der Waals surface area contributed by atoms with E-state index in [4.69, 9.17) is 4.74 Å². The summed E-state index contributed by atoms with van der Waals surface area (Å²) < 4.78 is 46.9. The molecule has 1 amide bonds. The lowest BCUT2D eigenvalue weighted by molar-refractivity contribution is -0.154. The summed E-state index contributed by atoms with van der Waals surface area (Å²) in [5, 5.41) is 2.59. The largest absolute Gasteiger partial charge is 0.475 e. The molecule has 2 aromatic heterocycles. The molecule has 26 heavy (non-hydrogen) atoms. The lowest BCUT2D eigenvalue weighted by atomic mass is 10.2. The average molecular weight is 369 g/mol. The molecule has 0 unspecified atom stereocenters. The minimum absolute atomic E-state index is 0.0376. The number of halogens is 3. The van der Waals surface area contributed by atoms with Crippen molar-refractivity contribution in [2.75, 3.05) is 6.61 Å². The zero-order chi connectivity index (χ0) is 19.2. The Morgan fingerprint density at radius 3 is 2.62 bits per heavy atom. The second kappa shape index (κ2) is 8.50. The van der Waals surface area contributed by atoms with Crippen LogP contribution in [0.4, 0.5) is 13.2 Å². The summed E-state index contributed by atoms with van der Waals surface area (Å²) >= 11 is 0. The number of carbonyl (C=O) groups is 1. The van der Waals surface area contributed by atoms with Crippen LogP contribution in [0.3, 0.4) is 0 Å². The van der Waals surface area contributed by atoms with Crippen LogP contribution in [-0.4, -0.2) is 34.8 Å². The molecule has 0 aliphatic rings. The standard InChI is InChI=1S/C17H18F3N3O3/c1-11(2)26-14-6-5-12(8-22-14)15(24)23-9-13-4-3-7-21-16(13)25-10-17(18,19)20/h3-8,11H,9-10H2,1-2H3,(H,23,24). The number of hydrogen-bond acceptors (Lipinski definition) is 5. The number of nitrogens with one attached hydrogen (secondary N) is 1. The Balaban J connectivity index is 1.97. The van der Waals surface area contributed by atoms with Gasteiger partial charge in [0.15, 0.2) is 6.61 Å². The maximum atomic E-state index is 12.3. The summed E-state index contributed by atoms with van der Waals surface area (Å²) in [5.41, 5.74) is 0.626. The summed E-state index contributed by atoms with van der Waals surface area (Å²) in [6.07, 6.45) is -1.84. The van der Waals surface area contributed by atoms with E-state index in [0.29, 0.717) is 17.0 Å². The first kappa shape index (κ1) is 19.5. The minimum atomic E-state index is -4.47. The van der Waals surface area contributed by atoms with Crippen LogP contribution in [0.5, 0.6) is 11.8 Å². The SMILES string of the molecule is CC(C)Oc1ccc(C(=O)NCc2cccnc2OCC(F)(F)F)cn1. The molecule has 2 heterocycles. The number of nitrogens with zero attached hydrogens (tertiary/aromatic N) is 2. The van der Waals surface area contributed by atoms with Gasteiger partial charge in [-0.15, -0.1) is 0 Å². The van der Waals surface area contributed by atoms with Crippen molar-refractivity contribution >= 4 is 5.91 Å². The van der Waals surface area contributed by atoms with Crippen LogP contribution < -0.4 is 14.8 Å². The third-order valence-corrected chi connectivity index (χ3v) is 3.02. The van der Waals surface area contributed by atoms with Gasteiger partial charge in [0.05, 0.1) is 11.7 Å². The zero-order valence-corrected chi connectivity index (χ0v) is 14.2. The number of aromatic nitrogens is 2. The lowest BCUT2D eigenvalue weighted by Crippen LogP contribution is -2.24. The van der Waals surface area contributed by atoms with Crippen LogP contribution in [0.1, 0.15) is 29.8 Å². The van der Waals surface area contributed by atoms with Gasteiger partial charge in [-0.1, -0.05) is 6.07 Å². The van der Waals surface area contributed by atoms with Gasteiger partial charge < -0.3 is 14.8 Å². The van der Waals surface area contributed by atoms with Gasteiger partial charge in [0, 0.05) is 30.6 Å². The average Bonchev–Trinajstić information content (AvgIpc) is 2.58. The monoisotopic (exact) mass is 369 g/mol. The molecule has 0 saturated carbocycles. The normalized spacial score (nSPS) is 11.3. The fourth-order valence-corrected chi connectivity index (χ4v) is 1.94. The Hall–Kier alpha value is -2.84. The van der Waals surface area contributed by atoms with Gasteiger partial charge in [-0.3, -0.25) is 4.79 Å². The first-order valence-electron chi connectivity index (χ1n) is 7.79. The molecule has 0 bridgehead atoms. The van der Waals surface area contributed by atoms with E-state index < -0.39 is 18.7 Å². The highest BCUT2D eigenvalue weighted by atomic mass is 19.4. The van der Waals surface area contributed by atoms with Crippen LogP contribution in [0, 0.1) is 0 Å². The second-order valence-corrected chi connectivity index (χ2v) is 5.61. The third kappa shape index (κ3) is 6.23. The molecule has 2 aromatic rings. The number of hydrogen-bond donors (Lipinski definition) is 1. The van der Waals surface area contributed by atoms with Gasteiger partial charge in [0.2, 0.25) is 11.8 Å². The predicted octanol–water partition coefficient (Wildman–Crippen LogP) is 3.13. The van der Waals surface area contributed by atoms with E-state index in [1.54, 1.807) is 18.2 Å². The van der Waals surface area contributed by atoms with Gasteiger partial charge >= 0.3 is 6.18 Å². The van der Waals surface area contributed by atoms with Gasteiger partial charge in [0.1, 0.15) is 0 Å². The zero-order valence-electron chi connectivity index (χ0n) is 14.2. The van der Waals surface area contributed by atoms with Crippen molar-refractivity contribution in [2.24, 2.45) is 0 Å². The lowest BCUT2D eigenvalue weighted by Gasteiger charge is -2.12. The molecule has 9 heteroatoms. The number of rotatable bonds is 7. The first-order chi connectivity index (χ1) is 12.2. The maximum Gasteiger partial charge on any atom is 0.422 e. The summed E-state index contributed by atoms with van der Waals surface area (Å²) in [4.78, 5) is 19.9. The third-order valence-electron chi connectivity index (χ3n) is 3.02. The molecular weight excluding hydrogens is 351 g/mol. The fourth-order valence-electron chi connectivity index (χ4n) is 1.94. The van der Waals surface area contributed by atoms with Gasteiger partial charge in [-0.2, -0.15) is 13.2 Å². The minimum Gasteiger partial charge on any atom is -0.475 e. The number of ether oxygens (including phenoxy) is 2. The Morgan fingerprint density at radius 1 is 1.23 bits per heavy atom. The molecule has 0 aliphatic heterocycles. The fraction of sp³-hybridized carbons (Fsp3) is 0.353. The van der Waals surface area contributed by atoms with Gasteiger partial charge in [-0.25, -0.2) is 9.97 Å². The van der Waals surface area contributed by atoms with E-state index in [2.05, 4.69) is 20.0 Å². The predicted molar refractivity (Wildman–Crippen MR) is 87.0 cm³/mol. The van der Waals surface area contributed by atoms with Crippen molar-refractivity contribution in [2.45, 2.75) is 32.7 Å². The van der Waals surface area contributed by atoms with E-state index in [9.17, 15) is 18.0 Å². The smallest absolute Gasteiger partial charge is 0.422 e. The Kier molecular flexibility index (Phi) is 6.37. The van der Waals surface area contributed by atoms with E-state index in [1.807, 2.05) is 13.8 Å². The highest BCUT2D eigenvalue weighted by molar-refractivity contribution is 5.93. The van der Waals surface area contributed by atoms with E-state index in [1.165, 1.54) is 18.5 Å². The summed E-state index contributed by atoms with van der Waals surface area (Å²) in [7, 11) is 0. The van der Waals surface area contributed by atoms with Crippen LogP contribution >= 0.6 is 0 Å². The van der Waals surface area contributed by atoms with E-state index in [0.717, 1.165) is 0 Å². The Bertz CT molecular complexity index is 734. The van der Waals surface area contributed by atoms with Crippen molar-refractivity contribution in [3.05, 3.63) is 47.8 Å². The molecule has 6 nitrogen and oxygen atoms in total. The van der Waals surface area contributed by atoms with Crippen LogP contribution in [0.25, 0.3) is 0 Å². The molecule has 0 aromatic carbocycles. The van der Waals surface area contributed by atoms with Crippen molar-refractivity contribution < 1.29 is 27.4 Å². The molecule has 2 rings (SSSR count). The van der Waals surface area contributed by atoms with Crippen molar-refractivity contribution in [3.8, 4) is 11.8 Å². The van der Waals surface area contributed by atoms with Crippen LogP contribution in [0.2, 0.25) is 0 Å². The molecule has 0 fully saturated rings. The highest BCUT2D eigenvalue weighted by Gasteiger charge is 2.29. The van der Waals surface area contributed by atoms with Crippen LogP contribution in [0.15, 0.2) is 36.7 Å². The van der Waals surface area contributed by atoms with E-state index >= 15 is 0 Å².